The number of rotatable bonds is 8. The zero-order valence-electron chi connectivity index (χ0n) is 23.0. The van der Waals surface area contributed by atoms with E-state index in [4.69, 9.17) is 15.1 Å². The van der Waals surface area contributed by atoms with Crippen molar-refractivity contribution in [2.75, 3.05) is 31.1 Å². The summed E-state index contributed by atoms with van der Waals surface area (Å²) < 4.78 is 75.6. The number of unbranched alkanes of at least 4 members (excludes halogenated alkanes) is 2. The average molecular weight is 612 g/mol. The molecule has 0 fully saturated rings. The zero-order chi connectivity index (χ0) is 29.6. The first kappa shape index (κ1) is 28.8. The maximum atomic E-state index is 12.7. The molecule has 0 atom stereocenters. The second kappa shape index (κ2) is 11.1. The fourth-order valence-corrected chi connectivity index (χ4v) is 7.61. The molecule has 2 aromatic carbocycles. The van der Waals surface area contributed by atoms with Crippen LogP contribution in [0.4, 0.5) is 5.69 Å². The van der Waals surface area contributed by atoms with Crippen molar-refractivity contribution in [3.8, 4) is 22.5 Å². The smallest absolute Gasteiger partial charge is 0.295 e. The van der Waals surface area contributed by atoms with Crippen molar-refractivity contribution in [1.82, 2.24) is 0 Å². The number of anilines is 1. The summed E-state index contributed by atoms with van der Waals surface area (Å²) in [6, 6.07) is 10.7. The van der Waals surface area contributed by atoms with Crippen LogP contribution in [0.2, 0.25) is 0 Å². The first-order valence-corrected chi connectivity index (χ1v) is 17.0. The van der Waals surface area contributed by atoms with Crippen molar-refractivity contribution in [2.45, 2.75) is 54.7 Å². The lowest BCUT2D eigenvalue weighted by molar-refractivity contribution is 0.481. The molecule has 0 saturated carbocycles. The van der Waals surface area contributed by atoms with E-state index in [-0.39, 0.29) is 5.56 Å². The van der Waals surface area contributed by atoms with E-state index >= 15 is 0 Å². The molecule has 42 heavy (non-hydrogen) atoms. The van der Waals surface area contributed by atoms with Crippen LogP contribution < -0.4 is 16.0 Å². The Balaban J connectivity index is 1.67. The Hall–Kier alpha value is -3.29. The topological polar surface area (TPSA) is 164 Å². The van der Waals surface area contributed by atoms with Gasteiger partial charge in [-0.15, -0.1) is 0 Å². The zero-order valence-corrected chi connectivity index (χ0v) is 24.7. The van der Waals surface area contributed by atoms with Crippen molar-refractivity contribution in [3.05, 3.63) is 58.9 Å². The number of hydrogen-bond acceptors (Lipinski definition) is 8. The molecule has 2 aromatic rings. The standard InChI is InChI=1S/C30H33N3O7S2/c31-12-2-1-3-13-32-20-8-10-22-26(17-20)40-30-24-7-5-15-33-14-4-6-19(29(24)33)16-25(30)28(22)23-11-9-21(41(34,35)36)18-27(23)42(37,38)39/h8-11,16-18H,1-7,12-15,31H2,(H,34,35,36)(H,37,38,39). The Morgan fingerprint density at radius 2 is 1.64 bits per heavy atom. The fourth-order valence-electron chi connectivity index (χ4n) is 6.30. The number of nitrogens with two attached hydrogens (primary N) is 1. The second-order valence-electron chi connectivity index (χ2n) is 10.9. The summed E-state index contributed by atoms with van der Waals surface area (Å²) in [4.78, 5) is 5.84. The number of benzene rings is 3. The third-order valence-corrected chi connectivity index (χ3v) is 9.89. The van der Waals surface area contributed by atoms with Crippen molar-refractivity contribution >= 4 is 36.9 Å². The van der Waals surface area contributed by atoms with Crippen molar-refractivity contribution in [1.29, 1.82) is 0 Å². The predicted octanol–water partition coefficient (Wildman–Crippen LogP) is 4.43. The van der Waals surface area contributed by atoms with Crippen LogP contribution in [0.25, 0.3) is 33.4 Å². The van der Waals surface area contributed by atoms with Gasteiger partial charge in [-0.05, 0) is 81.0 Å². The van der Waals surface area contributed by atoms with Crippen molar-refractivity contribution in [3.63, 3.8) is 0 Å². The highest BCUT2D eigenvalue weighted by Gasteiger charge is 2.31. The van der Waals surface area contributed by atoms with Gasteiger partial charge >= 0.3 is 0 Å². The van der Waals surface area contributed by atoms with Crippen LogP contribution in [0, 0.1) is 0 Å². The third-order valence-electron chi connectivity index (χ3n) is 8.14. The van der Waals surface area contributed by atoms with E-state index in [1.54, 1.807) is 0 Å². The van der Waals surface area contributed by atoms with Crippen LogP contribution in [0.3, 0.4) is 0 Å². The summed E-state index contributed by atoms with van der Waals surface area (Å²) in [5.41, 5.74) is 10.8. The monoisotopic (exact) mass is 611 g/mol. The minimum atomic E-state index is -4.90. The quantitative estimate of drug-likeness (QED) is 0.149. The van der Waals surface area contributed by atoms with Crippen LogP contribution in [0.5, 0.6) is 0 Å². The van der Waals surface area contributed by atoms with Crippen LogP contribution in [0.15, 0.2) is 61.7 Å². The molecule has 0 bridgehead atoms. The summed E-state index contributed by atoms with van der Waals surface area (Å²) in [6.07, 6.45) is 6.42. The molecule has 0 radical (unpaired) electrons. The summed E-state index contributed by atoms with van der Waals surface area (Å²) in [7, 11) is -9.63. The maximum Gasteiger partial charge on any atom is 0.295 e. The first-order chi connectivity index (χ1) is 20.1. The van der Waals surface area contributed by atoms with E-state index in [2.05, 4.69) is 4.90 Å². The molecule has 6 rings (SSSR count). The summed E-state index contributed by atoms with van der Waals surface area (Å²) in [5, 5.41) is 1.39. The van der Waals surface area contributed by atoms with Gasteiger partial charge in [-0.2, -0.15) is 16.8 Å². The molecular weight excluding hydrogens is 578 g/mol. The lowest BCUT2D eigenvalue weighted by atomic mass is 9.86. The van der Waals surface area contributed by atoms with E-state index < -0.39 is 30.0 Å². The van der Waals surface area contributed by atoms with E-state index in [0.29, 0.717) is 46.3 Å². The molecular formula is C30H33N3O7S2. The molecule has 3 aliphatic heterocycles. The Kier molecular flexibility index (Phi) is 7.60. The molecule has 0 spiro atoms. The van der Waals surface area contributed by atoms with E-state index in [0.717, 1.165) is 81.3 Å². The van der Waals surface area contributed by atoms with Crippen LogP contribution in [0.1, 0.15) is 43.2 Å². The number of fused-ring (bicyclic) bond motifs is 3. The number of aryl methyl sites for hydroxylation is 2. The Morgan fingerprint density at radius 3 is 2.38 bits per heavy atom. The molecule has 0 saturated heterocycles. The van der Waals surface area contributed by atoms with E-state index in [1.807, 2.05) is 24.3 Å². The Labute approximate surface area is 244 Å². The molecule has 0 amide bonds. The molecule has 0 aromatic heterocycles. The number of nitrogens with zero attached hydrogens (tertiary/aromatic N) is 2. The maximum absolute atomic E-state index is 12.7. The highest BCUT2D eigenvalue weighted by Crippen LogP contribution is 2.48. The number of hydrogen-bond donors (Lipinski definition) is 3. The Bertz CT molecular complexity index is 1950. The first-order valence-electron chi connectivity index (χ1n) is 14.2. The lowest BCUT2D eigenvalue weighted by Crippen LogP contribution is -2.34. The molecule has 10 nitrogen and oxygen atoms in total. The molecule has 3 heterocycles. The van der Waals surface area contributed by atoms with E-state index in [1.165, 1.54) is 11.8 Å². The Morgan fingerprint density at radius 1 is 0.881 bits per heavy atom. The van der Waals surface area contributed by atoms with Gasteiger partial charge in [0, 0.05) is 59.0 Å². The molecule has 4 N–H and O–H groups in total. The van der Waals surface area contributed by atoms with Gasteiger partial charge in [0.2, 0.25) is 0 Å². The van der Waals surface area contributed by atoms with Crippen LogP contribution >= 0.6 is 0 Å². The van der Waals surface area contributed by atoms with Gasteiger partial charge in [-0.1, -0.05) is 12.5 Å². The normalized spacial score (nSPS) is 15.9. The fraction of sp³-hybridized carbons (Fsp3) is 0.367. The van der Waals surface area contributed by atoms with Gasteiger partial charge < -0.3 is 15.1 Å². The summed E-state index contributed by atoms with van der Waals surface area (Å²) in [5.74, 6) is 0.491. The predicted molar refractivity (Wildman–Crippen MR) is 160 cm³/mol. The molecule has 12 heteroatoms. The van der Waals surface area contributed by atoms with E-state index in [9.17, 15) is 25.9 Å². The lowest BCUT2D eigenvalue weighted by Gasteiger charge is -2.37. The SMILES string of the molecule is NCCCCCN=c1ccc2c(-c3ccc(S(=O)(=O)O)cc3S(=O)(=O)O)c3cc4c5c(c3oc-2c1)CCCN5CCC4. The third kappa shape index (κ3) is 5.33. The van der Waals surface area contributed by atoms with Gasteiger partial charge in [0.05, 0.1) is 10.3 Å². The second-order valence-corrected chi connectivity index (χ2v) is 13.7. The molecule has 0 unspecified atom stereocenters. The van der Waals surface area contributed by atoms with Gasteiger partial charge in [-0.3, -0.25) is 14.1 Å². The van der Waals surface area contributed by atoms with Crippen LogP contribution in [-0.4, -0.2) is 52.1 Å². The average Bonchev–Trinajstić information content (AvgIpc) is 2.95. The van der Waals surface area contributed by atoms with Gasteiger partial charge in [0.15, 0.2) is 0 Å². The van der Waals surface area contributed by atoms with Crippen LogP contribution in [-0.2, 0) is 33.1 Å². The summed E-state index contributed by atoms with van der Waals surface area (Å²) in [6.45, 7) is 3.20. The van der Waals surface area contributed by atoms with Crippen molar-refractivity contribution in [2.24, 2.45) is 10.7 Å². The van der Waals surface area contributed by atoms with Gasteiger partial charge in [0.1, 0.15) is 16.2 Å². The summed E-state index contributed by atoms with van der Waals surface area (Å²) >= 11 is 0. The minimum absolute atomic E-state index is 0.109. The van der Waals surface area contributed by atoms with Crippen molar-refractivity contribution < 1.29 is 30.4 Å². The largest absolute Gasteiger partial charge is 0.456 e. The van der Waals surface area contributed by atoms with Gasteiger partial charge in [-0.25, -0.2) is 0 Å². The van der Waals surface area contributed by atoms with Gasteiger partial charge in [0.25, 0.3) is 20.2 Å². The molecule has 222 valence electrons. The molecule has 4 aliphatic rings. The molecule has 1 aliphatic carbocycles. The minimum Gasteiger partial charge on any atom is -0.456 e. The highest BCUT2D eigenvalue weighted by atomic mass is 32.2. The highest BCUT2D eigenvalue weighted by molar-refractivity contribution is 7.86.